The molecular formula is C34H39N3O4S. The van der Waals surface area contributed by atoms with Crippen LogP contribution in [0, 0.1) is 17.8 Å². The van der Waals surface area contributed by atoms with E-state index in [0.29, 0.717) is 26.2 Å². The van der Waals surface area contributed by atoms with Gasteiger partial charge in [-0.3, -0.25) is 14.4 Å². The van der Waals surface area contributed by atoms with Gasteiger partial charge in [-0.05, 0) is 17.0 Å². The van der Waals surface area contributed by atoms with Gasteiger partial charge in [0.05, 0.1) is 29.2 Å². The Bertz CT molecular complexity index is 1380. The molecular weight excluding hydrogens is 546 g/mol. The van der Waals surface area contributed by atoms with Crippen molar-refractivity contribution in [3.8, 4) is 0 Å². The normalized spacial score (nSPS) is 30.1. The maximum atomic E-state index is 14.7. The fourth-order valence-corrected chi connectivity index (χ4v) is 9.23. The largest absolute Gasteiger partial charge is 0.394 e. The first-order valence-electron chi connectivity index (χ1n) is 15.0. The minimum absolute atomic E-state index is 0.0162. The van der Waals surface area contributed by atoms with Crippen LogP contribution in [0.1, 0.15) is 31.4 Å². The molecule has 1 N–H and O–H groups in total. The van der Waals surface area contributed by atoms with E-state index in [0.717, 1.165) is 17.5 Å². The van der Waals surface area contributed by atoms with E-state index in [1.54, 1.807) is 16.7 Å². The number of benzene rings is 2. The number of nitrogens with zero attached hydrogens (tertiary/aromatic N) is 3. The molecule has 2 aromatic rings. The average Bonchev–Trinajstić information content (AvgIpc) is 3.33. The van der Waals surface area contributed by atoms with Gasteiger partial charge in [-0.2, -0.15) is 0 Å². The SMILES string of the molecule is CC[C@H](C)[C@H](CO)N1C(=O)[C@@H]2[C@H]3C(=O)N(Cc4ccccc4)CC=C[C@H]3S[C@@]23C=CCN(Cc2ccccc2)C(=O)C13. The molecule has 2 saturated heterocycles. The number of fused-ring (bicyclic) bond motifs is 2. The van der Waals surface area contributed by atoms with Crippen LogP contribution in [0.15, 0.2) is 85.0 Å². The number of aliphatic hydroxyl groups excluding tert-OH is 1. The zero-order chi connectivity index (χ0) is 29.4. The Labute approximate surface area is 252 Å². The Hall–Kier alpha value is -3.36. The molecule has 0 aliphatic carbocycles. The van der Waals surface area contributed by atoms with E-state index < -0.39 is 28.7 Å². The number of likely N-dealkylation sites (tertiary alicyclic amines) is 1. The van der Waals surface area contributed by atoms with Crippen LogP contribution in [0.2, 0.25) is 0 Å². The lowest BCUT2D eigenvalue weighted by molar-refractivity contribution is -0.148. The lowest BCUT2D eigenvalue weighted by Gasteiger charge is -2.40. The van der Waals surface area contributed by atoms with Crippen molar-refractivity contribution in [2.24, 2.45) is 17.8 Å². The molecule has 2 fully saturated rings. The molecule has 1 spiro atoms. The molecule has 4 aliphatic rings. The summed E-state index contributed by atoms with van der Waals surface area (Å²) in [6, 6.07) is 18.5. The Balaban J connectivity index is 1.41. The van der Waals surface area contributed by atoms with Crippen molar-refractivity contribution in [1.29, 1.82) is 0 Å². The van der Waals surface area contributed by atoms with E-state index in [1.807, 2.05) is 96.5 Å². The summed E-state index contributed by atoms with van der Waals surface area (Å²) in [6.07, 6.45) is 8.92. The van der Waals surface area contributed by atoms with Crippen molar-refractivity contribution in [2.45, 2.75) is 55.4 Å². The summed E-state index contributed by atoms with van der Waals surface area (Å²) in [5.74, 6) is -1.66. The van der Waals surface area contributed by atoms with Crippen LogP contribution in [-0.2, 0) is 27.5 Å². The fraction of sp³-hybridized carbons (Fsp3) is 0.441. The average molecular weight is 586 g/mol. The lowest BCUT2D eigenvalue weighted by atomic mass is 9.78. The van der Waals surface area contributed by atoms with Gasteiger partial charge in [-0.25, -0.2) is 0 Å². The van der Waals surface area contributed by atoms with Crippen LogP contribution in [0.5, 0.6) is 0 Å². The Morgan fingerprint density at radius 3 is 2.07 bits per heavy atom. The molecule has 0 bridgehead atoms. The number of carbonyl (C=O) groups is 3. The highest BCUT2D eigenvalue weighted by Gasteiger charge is 2.71. The molecule has 4 aliphatic heterocycles. The first-order chi connectivity index (χ1) is 20.4. The van der Waals surface area contributed by atoms with Gasteiger partial charge < -0.3 is 19.8 Å². The Morgan fingerprint density at radius 2 is 1.48 bits per heavy atom. The predicted octanol–water partition coefficient (Wildman–Crippen LogP) is 3.89. The number of thioether (sulfide) groups is 1. The second-order valence-electron chi connectivity index (χ2n) is 12.0. The van der Waals surface area contributed by atoms with E-state index in [9.17, 15) is 19.5 Å². The smallest absolute Gasteiger partial charge is 0.247 e. The van der Waals surface area contributed by atoms with Gasteiger partial charge in [-0.1, -0.05) is 105 Å². The lowest BCUT2D eigenvalue weighted by Crippen LogP contribution is -2.57. The molecule has 1 unspecified atom stereocenters. The highest BCUT2D eigenvalue weighted by atomic mass is 32.2. The monoisotopic (exact) mass is 585 g/mol. The minimum Gasteiger partial charge on any atom is -0.394 e. The van der Waals surface area contributed by atoms with E-state index in [4.69, 9.17) is 0 Å². The number of carbonyl (C=O) groups excluding carboxylic acids is 3. The highest BCUT2D eigenvalue weighted by Crippen LogP contribution is 2.61. The summed E-state index contributed by atoms with van der Waals surface area (Å²) >= 11 is 1.59. The van der Waals surface area contributed by atoms with Gasteiger partial charge >= 0.3 is 0 Å². The molecule has 8 heteroatoms. The van der Waals surface area contributed by atoms with Crippen LogP contribution in [-0.4, -0.2) is 79.3 Å². The summed E-state index contributed by atoms with van der Waals surface area (Å²) in [5.41, 5.74) is 2.05. The van der Waals surface area contributed by atoms with Gasteiger partial charge in [0.15, 0.2) is 0 Å². The Kier molecular flexibility index (Phi) is 8.03. The second-order valence-corrected chi connectivity index (χ2v) is 13.4. The van der Waals surface area contributed by atoms with Crippen LogP contribution in [0.4, 0.5) is 0 Å². The first kappa shape index (κ1) is 28.7. The molecule has 4 heterocycles. The van der Waals surface area contributed by atoms with E-state index in [1.165, 1.54) is 0 Å². The van der Waals surface area contributed by atoms with E-state index in [-0.39, 0.29) is 35.5 Å². The quantitative estimate of drug-likeness (QED) is 0.476. The molecule has 0 radical (unpaired) electrons. The van der Waals surface area contributed by atoms with Crippen molar-refractivity contribution in [2.75, 3.05) is 19.7 Å². The van der Waals surface area contributed by atoms with Crippen LogP contribution < -0.4 is 0 Å². The summed E-state index contributed by atoms with van der Waals surface area (Å²) in [7, 11) is 0. The first-order valence-corrected chi connectivity index (χ1v) is 15.9. The molecule has 2 aromatic carbocycles. The van der Waals surface area contributed by atoms with Gasteiger partial charge in [0, 0.05) is 31.4 Å². The summed E-state index contributed by atoms with van der Waals surface area (Å²) in [6.45, 7) is 5.62. The number of hydrogen-bond acceptors (Lipinski definition) is 5. The summed E-state index contributed by atoms with van der Waals surface area (Å²) in [5, 5.41) is 10.4. The van der Waals surface area contributed by atoms with Crippen molar-refractivity contribution in [3.63, 3.8) is 0 Å². The number of aliphatic hydroxyl groups is 1. The highest BCUT2D eigenvalue weighted by molar-refractivity contribution is 8.02. The van der Waals surface area contributed by atoms with Gasteiger partial charge in [-0.15, -0.1) is 11.8 Å². The molecule has 3 amide bonds. The standard InChI is InChI=1S/C34H39N3O4S/c1-3-23(2)26(22-38)37-30-33(41)36(21-25-14-8-5-9-15-25)19-11-17-34(30)29(32(37)40)28-27(42-34)16-10-18-35(31(28)39)20-24-12-6-4-7-13-24/h4-17,23,26-30,38H,3,18-22H2,1-2H3/t23-,26-,27+,28-,29-,30?,34-/m0/s1. The third-order valence-electron chi connectivity index (χ3n) is 9.54. The number of amides is 3. The molecule has 220 valence electrons. The van der Waals surface area contributed by atoms with E-state index >= 15 is 0 Å². The molecule has 0 aromatic heterocycles. The third-order valence-corrected chi connectivity index (χ3v) is 11.3. The second kappa shape index (κ2) is 11.7. The van der Waals surface area contributed by atoms with E-state index in [2.05, 4.69) is 12.2 Å². The topological polar surface area (TPSA) is 81.2 Å². The number of rotatable bonds is 8. The minimum atomic E-state index is -0.897. The van der Waals surface area contributed by atoms with Crippen LogP contribution >= 0.6 is 11.8 Å². The van der Waals surface area contributed by atoms with Gasteiger partial charge in [0.1, 0.15) is 6.04 Å². The molecule has 6 rings (SSSR count). The number of hydrogen-bond donors (Lipinski definition) is 1. The maximum Gasteiger partial charge on any atom is 0.247 e. The fourth-order valence-electron chi connectivity index (χ4n) is 7.24. The van der Waals surface area contributed by atoms with Gasteiger partial charge in [0.2, 0.25) is 17.7 Å². The Morgan fingerprint density at radius 1 is 0.881 bits per heavy atom. The molecule has 7 nitrogen and oxygen atoms in total. The summed E-state index contributed by atoms with van der Waals surface area (Å²) in [4.78, 5) is 48.9. The molecule has 0 saturated carbocycles. The third kappa shape index (κ3) is 4.78. The zero-order valence-electron chi connectivity index (χ0n) is 24.2. The van der Waals surface area contributed by atoms with Crippen molar-refractivity contribution < 1.29 is 19.5 Å². The maximum absolute atomic E-state index is 14.7. The summed E-state index contributed by atoms with van der Waals surface area (Å²) < 4.78 is -0.897. The van der Waals surface area contributed by atoms with Crippen molar-refractivity contribution in [1.82, 2.24) is 14.7 Å². The van der Waals surface area contributed by atoms with Crippen molar-refractivity contribution in [3.05, 3.63) is 96.1 Å². The zero-order valence-corrected chi connectivity index (χ0v) is 25.0. The molecule has 7 atom stereocenters. The van der Waals surface area contributed by atoms with Crippen LogP contribution in [0.3, 0.4) is 0 Å². The molecule has 42 heavy (non-hydrogen) atoms. The van der Waals surface area contributed by atoms with Crippen LogP contribution in [0.25, 0.3) is 0 Å². The predicted molar refractivity (Wildman–Crippen MR) is 164 cm³/mol. The van der Waals surface area contributed by atoms with Crippen molar-refractivity contribution >= 4 is 29.5 Å². The van der Waals surface area contributed by atoms with Gasteiger partial charge in [0.25, 0.3) is 0 Å².